The van der Waals surface area contributed by atoms with Crippen LogP contribution < -0.4 is 10.6 Å². The van der Waals surface area contributed by atoms with E-state index in [2.05, 4.69) is 22.5 Å². The lowest BCUT2D eigenvalue weighted by molar-refractivity contribution is 0.292. The first-order valence-corrected chi connectivity index (χ1v) is 5.41. The van der Waals surface area contributed by atoms with Crippen molar-refractivity contribution in [2.45, 2.75) is 19.8 Å². The molecular formula is C11H19N3O. The minimum atomic E-state index is 0.221. The fourth-order valence-electron chi connectivity index (χ4n) is 1.20. The summed E-state index contributed by atoms with van der Waals surface area (Å²) in [6.07, 6.45) is 3.63. The molecule has 0 bridgehead atoms. The summed E-state index contributed by atoms with van der Waals surface area (Å²) in [6, 6.07) is 3.90. The van der Waals surface area contributed by atoms with Crippen LogP contribution in [0.5, 0.6) is 0 Å². The summed E-state index contributed by atoms with van der Waals surface area (Å²) in [5.74, 6) is 0.894. The number of rotatable bonds is 7. The average molecular weight is 209 g/mol. The van der Waals surface area contributed by atoms with Crippen molar-refractivity contribution in [2.24, 2.45) is 0 Å². The summed E-state index contributed by atoms with van der Waals surface area (Å²) < 4.78 is 0. The predicted molar refractivity (Wildman–Crippen MR) is 63.2 cm³/mol. The second-order valence-electron chi connectivity index (χ2n) is 3.36. The monoisotopic (exact) mass is 209 g/mol. The van der Waals surface area contributed by atoms with Crippen LogP contribution in [-0.2, 0) is 0 Å². The van der Waals surface area contributed by atoms with Gasteiger partial charge in [-0.05, 0) is 18.9 Å². The van der Waals surface area contributed by atoms with Gasteiger partial charge in [0.05, 0.1) is 0 Å². The van der Waals surface area contributed by atoms with Crippen molar-refractivity contribution < 1.29 is 5.11 Å². The summed E-state index contributed by atoms with van der Waals surface area (Å²) in [7, 11) is 0. The van der Waals surface area contributed by atoms with Crippen LogP contribution in [0.2, 0.25) is 0 Å². The van der Waals surface area contributed by atoms with Gasteiger partial charge < -0.3 is 15.7 Å². The molecule has 0 atom stereocenters. The minimum Gasteiger partial charge on any atom is -0.396 e. The van der Waals surface area contributed by atoms with Gasteiger partial charge in [-0.15, -0.1) is 0 Å². The SMILES string of the molecule is CCCNc1cc(NCCCO)ccn1. The third-order valence-electron chi connectivity index (χ3n) is 1.98. The molecule has 15 heavy (non-hydrogen) atoms. The van der Waals surface area contributed by atoms with E-state index in [0.29, 0.717) is 0 Å². The van der Waals surface area contributed by atoms with E-state index in [1.165, 1.54) is 0 Å². The molecular weight excluding hydrogens is 190 g/mol. The summed E-state index contributed by atoms with van der Waals surface area (Å²) in [5, 5.41) is 15.1. The number of nitrogens with one attached hydrogen (secondary N) is 2. The van der Waals surface area contributed by atoms with Crippen LogP contribution in [0, 0.1) is 0 Å². The lowest BCUT2D eigenvalue weighted by atomic mass is 10.3. The molecule has 0 aliphatic carbocycles. The number of anilines is 2. The average Bonchev–Trinajstić information content (AvgIpc) is 2.27. The Morgan fingerprint density at radius 3 is 2.93 bits per heavy atom. The molecule has 0 radical (unpaired) electrons. The summed E-state index contributed by atoms with van der Waals surface area (Å²) in [5.41, 5.74) is 1.04. The van der Waals surface area contributed by atoms with Crippen LogP contribution in [0.1, 0.15) is 19.8 Å². The highest BCUT2D eigenvalue weighted by atomic mass is 16.3. The lowest BCUT2D eigenvalue weighted by Crippen LogP contribution is -2.05. The van der Waals surface area contributed by atoms with E-state index in [4.69, 9.17) is 5.11 Å². The standard InChI is InChI=1S/C11H19N3O/c1-2-5-13-11-9-10(4-7-14-11)12-6-3-8-15/h4,7,9,15H,2-3,5-6,8H2,1H3,(H2,12,13,14). The molecule has 4 heteroatoms. The largest absolute Gasteiger partial charge is 0.396 e. The van der Waals surface area contributed by atoms with Gasteiger partial charge in [-0.2, -0.15) is 0 Å². The molecule has 1 aromatic rings. The Bertz CT molecular complexity index is 278. The maximum Gasteiger partial charge on any atom is 0.127 e. The van der Waals surface area contributed by atoms with Crippen LogP contribution in [0.15, 0.2) is 18.3 Å². The Kier molecular flexibility index (Phi) is 5.55. The first-order chi connectivity index (χ1) is 7.36. The number of nitrogens with zero attached hydrogens (tertiary/aromatic N) is 1. The van der Waals surface area contributed by atoms with E-state index in [1.807, 2.05) is 12.1 Å². The van der Waals surface area contributed by atoms with Gasteiger partial charge in [-0.25, -0.2) is 4.98 Å². The van der Waals surface area contributed by atoms with E-state index >= 15 is 0 Å². The lowest BCUT2D eigenvalue weighted by Gasteiger charge is -2.08. The fraction of sp³-hybridized carbons (Fsp3) is 0.545. The maximum atomic E-state index is 8.65. The van der Waals surface area contributed by atoms with E-state index in [9.17, 15) is 0 Å². The zero-order valence-corrected chi connectivity index (χ0v) is 9.16. The van der Waals surface area contributed by atoms with E-state index in [0.717, 1.165) is 37.4 Å². The molecule has 0 unspecified atom stereocenters. The highest BCUT2D eigenvalue weighted by Gasteiger charge is 1.95. The van der Waals surface area contributed by atoms with E-state index in [1.54, 1.807) is 6.20 Å². The van der Waals surface area contributed by atoms with Gasteiger partial charge in [0.2, 0.25) is 0 Å². The molecule has 3 N–H and O–H groups in total. The summed E-state index contributed by atoms with van der Waals surface area (Å²) >= 11 is 0. The van der Waals surface area contributed by atoms with Gasteiger partial charge in [-0.3, -0.25) is 0 Å². The Morgan fingerprint density at radius 2 is 2.20 bits per heavy atom. The molecule has 4 nitrogen and oxygen atoms in total. The van der Waals surface area contributed by atoms with Gasteiger partial charge in [0.1, 0.15) is 5.82 Å². The van der Waals surface area contributed by atoms with Gasteiger partial charge >= 0.3 is 0 Å². The second-order valence-corrected chi connectivity index (χ2v) is 3.36. The van der Waals surface area contributed by atoms with Crippen molar-refractivity contribution in [3.8, 4) is 0 Å². The van der Waals surface area contributed by atoms with Crippen LogP contribution >= 0.6 is 0 Å². The number of pyridine rings is 1. The molecule has 0 aliphatic rings. The molecule has 0 spiro atoms. The number of hydrogen-bond acceptors (Lipinski definition) is 4. The first kappa shape index (κ1) is 11.8. The molecule has 0 aliphatic heterocycles. The van der Waals surface area contributed by atoms with Crippen LogP contribution in [0.4, 0.5) is 11.5 Å². The topological polar surface area (TPSA) is 57.2 Å². The zero-order chi connectivity index (χ0) is 10.9. The number of hydrogen-bond donors (Lipinski definition) is 3. The van der Waals surface area contributed by atoms with Crippen molar-refractivity contribution >= 4 is 11.5 Å². The molecule has 1 rings (SSSR count). The van der Waals surface area contributed by atoms with Crippen LogP contribution in [0.25, 0.3) is 0 Å². The molecule has 84 valence electrons. The van der Waals surface area contributed by atoms with Crippen molar-refractivity contribution in [2.75, 3.05) is 30.3 Å². The van der Waals surface area contributed by atoms with Crippen molar-refractivity contribution in [3.63, 3.8) is 0 Å². The third kappa shape index (κ3) is 4.65. The normalized spacial score (nSPS) is 10.0. The highest BCUT2D eigenvalue weighted by Crippen LogP contribution is 2.11. The maximum absolute atomic E-state index is 8.65. The molecule has 0 fully saturated rings. The Labute approximate surface area is 90.7 Å². The Balaban J connectivity index is 2.42. The van der Waals surface area contributed by atoms with Gasteiger partial charge in [0.15, 0.2) is 0 Å². The smallest absolute Gasteiger partial charge is 0.127 e. The molecule has 0 amide bonds. The van der Waals surface area contributed by atoms with Gasteiger partial charge in [0, 0.05) is 37.6 Å². The highest BCUT2D eigenvalue weighted by molar-refractivity contribution is 5.51. The zero-order valence-electron chi connectivity index (χ0n) is 9.16. The van der Waals surface area contributed by atoms with Gasteiger partial charge in [-0.1, -0.05) is 6.92 Å². The minimum absolute atomic E-state index is 0.221. The quantitative estimate of drug-likeness (QED) is 0.598. The van der Waals surface area contributed by atoms with Crippen molar-refractivity contribution in [1.29, 1.82) is 0 Å². The first-order valence-electron chi connectivity index (χ1n) is 5.41. The van der Waals surface area contributed by atoms with Crippen LogP contribution in [-0.4, -0.2) is 29.8 Å². The molecule has 0 aromatic carbocycles. The van der Waals surface area contributed by atoms with Crippen molar-refractivity contribution in [3.05, 3.63) is 18.3 Å². The third-order valence-corrected chi connectivity index (χ3v) is 1.98. The predicted octanol–water partition coefficient (Wildman–Crippen LogP) is 1.70. The molecule has 1 aromatic heterocycles. The fourth-order valence-corrected chi connectivity index (χ4v) is 1.20. The molecule has 0 saturated heterocycles. The Hall–Kier alpha value is -1.29. The molecule has 0 saturated carbocycles. The Morgan fingerprint density at radius 1 is 1.33 bits per heavy atom. The van der Waals surface area contributed by atoms with Crippen LogP contribution in [0.3, 0.4) is 0 Å². The number of aliphatic hydroxyl groups is 1. The van der Waals surface area contributed by atoms with Crippen molar-refractivity contribution in [1.82, 2.24) is 4.98 Å². The second kappa shape index (κ2) is 7.06. The summed E-state index contributed by atoms with van der Waals surface area (Å²) in [4.78, 5) is 4.20. The van der Waals surface area contributed by atoms with Gasteiger partial charge in [0.25, 0.3) is 0 Å². The number of aromatic nitrogens is 1. The number of aliphatic hydroxyl groups excluding tert-OH is 1. The summed E-state index contributed by atoms with van der Waals surface area (Å²) in [6.45, 7) is 4.07. The van der Waals surface area contributed by atoms with E-state index < -0.39 is 0 Å². The molecule has 1 heterocycles. The van der Waals surface area contributed by atoms with E-state index in [-0.39, 0.29) is 6.61 Å².